The summed E-state index contributed by atoms with van der Waals surface area (Å²) in [7, 11) is 0. The highest BCUT2D eigenvalue weighted by Crippen LogP contribution is 2.67. The molecule has 0 aliphatic carbocycles. The van der Waals surface area contributed by atoms with Gasteiger partial charge in [-0.15, -0.1) is 0 Å². The molecule has 0 aromatic rings. The van der Waals surface area contributed by atoms with Crippen LogP contribution in [0.3, 0.4) is 0 Å². The monoisotopic (exact) mass is 788 g/mol. The van der Waals surface area contributed by atoms with Crippen molar-refractivity contribution in [2.24, 2.45) is 0 Å². The van der Waals surface area contributed by atoms with E-state index in [-0.39, 0.29) is 12.0 Å². The molecular formula is C22H17F25O2. The molecule has 292 valence electrons. The first-order valence-corrected chi connectivity index (χ1v) is 12.1. The topological polar surface area (TPSA) is 26.3 Å². The predicted molar refractivity (Wildman–Crippen MR) is 109 cm³/mol. The maximum Gasteiger partial charge on any atom is 0.460 e. The number of rotatable bonds is 18. The summed E-state index contributed by atoms with van der Waals surface area (Å²) in [4.78, 5) is 11.1. The minimum absolute atomic E-state index is 0.148. The highest BCUT2D eigenvalue weighted by Gasteiger charge is 2.99. The number of unbranched alkanes of at least 4 members (excludes halogenated alkanes) is 3. The Balaban J connectivity index is 6.61. The van der Waals surface area contributed by atoms with Gasteiger partial charge < -0.3 is 4.74 Å². The Bertz CT molecular complexity index is 1180. The van der Waals surface area contributed by atoms with Crippen LogP contribution in [0.1, 0.15) is 39.0 Å². The fraction of sp³-hybridized carbons (Fsp3) is 0.864. The van der Waals surface area contributed by atoms with Crippen LogP contribution in [0.15, 0.2) is 12.2 Å². The molecule has 0 amide bonds. The van der Waals surface area contributed by atoms with Crippen LogP contribution in [-0.4, -0.2) is 83.9 Å². The van der Waals surface area contributed by atoms with Crippen molar-refractivity contribution in [3.8, 4) is 0 Å². The van der Waals surface area contributed by atoms with Gasteiger partial charge in [0, 0.05) is 12.0 Å². The Kier molecular flexibility index (Phi) is 12.5. The molecule has 49 heavy (non-hydrogen) atoms. The molecule has 0 aliphatic rings. The van der Waals surface area contributed by atoms with E-state index in [1.807, 2.05) is 0 Å². The van der Waals surface area contributed by atoms with Crippen LogP contribution < -0.4 is 0 Å². The van der Waals surface area contributed by atoms with Crippen LogP contribution >= 0.6 is 0 Å². The first-order chi connectivity index (χ1) is 21.1. The van der Waals surface area contributed by atoms with E-state index in [2.05, 4.69) is 11.3 Å². The highest BCUT2D eigenvalue weighted by molar-refractivity contribution is 5.86. The maximum absolute atomic E-state index is 13.9. The molecule has 0 N–H and O–H groups in total. The number of esters is 1. The lowest BCUT2D eigenvalue weighted by Gasteiger charge is -2.45. The van der Waals surface area contributed by atoms with Crippen LogP contribution in [0.4, 0.5) is 110 Å². The largest absolute Gasteiger partial charge is 0.462 e. The summed E-state index contributed by atoms with van der Waals surface area (Å²) in [5.41, 5.74) is -0.148. The van der Waals surface area contributed by atoms with Crippen molar-refractivity contribution in [1.82, 2.24) is 0 Å². The minimum Gasteiger partial charge on any atom is -0.462 e. The normalized spacial score (nSPS) is 15.8. The molecule has 0 fully saturated rings. The molecule has 0 atom stereocenters. The van der Waals surface area contributed by atoms with E-state index in [0.29, 0.717) is 0 Å². The lowest BCUT2D eigenvalue weighted by Crippen LogP contribution is -2.78. The zero-order valence-corrected chi connectivity index (χ0v) is 23.2. The molecule has 0 radical (unpaired) electrons. The third kappa shape index (κ3) is 6.91. The van der Waals surface area contributed by atoms with Crippen molar-refractivity contribution >= 4 is 5.97 Å². The number of ether oxygens (including phenoxy) is 1. The van der Waals surface area contributed by atoms with Gasteiger partial charge in [-0.05, 0) is 19.8 Å². The molecule has 0 unspecified atom stereocenters. The fourth-order valence-electron chi connectivity index (χ4n) is 3.23. The average Bonchev–Trinajstić information content (AvgIpc) is 2.90. The summed E-state index contributed by atoms with van der Waals surface area (Å²) in [6.07, 6.45) is -13.9. The standard InChI is InChI=1S/C22H17F25O2/c1-9(2)10(48)49-8-6-4-3-5-7-11(23,24)12(25,26)13(27,28)14(29,30)15(31,32)16(33,34)17(35,36)18(37,38)19(39,40)20(41,42)21(43,44)22(45,46)47/h1,3-8H2,2H3. The lowest BCUT2D eigenvalue weighted by molar-refractivity contribution is -0.482. The van der Waals surface area contributed by atoms with Gasteiger partial charge in [-0.1, -0.05) is 19.4 Å². The van der Waals surface area contributed by atoms with E-state index >= 15 is 0 Å². The molecule has 27 heteroatoms. The van der Waals surface area contributed by atoms with Gasteiger partial charge >= 0.3 is 77.3 Å². The van der Waals surface area contributed by atoms with E-state index in [9.17, 15) is 115 Å². The van der Waals surface area contributed by atoms with Crippen molar-refractivity contribution in [3.63, 3.8) is 0 Å². The first kappa shape index (κ1) is 46.5. The Hall–Kier alpha value is -2.54. The van der Waals surface area contributed by atoms with Crippen molar-refractivity contribution in [3.05, 3.63) is 12.2 Å². The van der Waals surface area contributed by atoms with Crippen molar-refractivity contribution in [2.75, 3.05) is 6.61 Å². The molecule has 0 aromatic carbocycles. The summed E-state index contributed by atoms with van der Waals surface area (Å²) < 4.78 is 341. The summed E-state index contributed by atoms with van der Waals surface area (Å²) in [5.74, 6) is -99.2. The molecule has 0 heterocycles. The maximum atomic E-state index is 13.9. The number of hydrogen-bond acceptors (Lipinski definition) is 2. The van der Waals surface area contributed by atoms with Crippen LogP contribution in [0.2, 0.25) is 0 Å². The van der Waals surface area contributed by atoms with Crippen LogP contribution in [-0.2, 0) is 9.53 Å². The van der Waals surface area contributed by atoms with Crippen molar-refractivity contribution < 1.29 is 119 Å². The van der Waals surface area contributed by atoms with E-state index in [1.165, 1.54) is 0 Å². The zero-order chi connectivity index (χ0) is 40.1. The molecule has 2 nitrogen and oxygen atoms in total. The Morgan fingerprint density at radius 2 is 0.694 bits per heavy atom. The fourth-order valence-corrected chi connectivity index (χ4v) is 3.23. The number of hydrogen-bond donors (Lipinski definition) is 0. The third-order valence-electron chi connectivity index (χ3n) is 6.33. The Morgan fingerprint density at radius 3 is 0.980 bits per heavy atom. The van der Waals surface area contributed by atoms with Gasteiger partial charge in [0.1, 0.15) is 0 Å². The highest BCUT2D eigenvalue weighted by atomic mass is 19.4. The summed E-state index contributed by atoms with van der Waals surface area (Å²) >= 11 is 0. The Morgan fingerprint density at radius 1 is 0.429 bits per heavy atom. The molecule has 0 bridgehead atoms. The van der Waals surface area contributed by atoms with E-state index in [4.69, 9.17) is 0 Å². The number of carbonyl (C=O) groups is 1. The molecule has 0 rings (SSSR count). The molecule has 0 spiro atoms. The van der Waals surface area contributed by atoms with Gasteiger partial charge in [0.05, 0.1) is 6.61 Å². The number of carbonyl (C=O) groups excluding carboxylic acids is 1. The molecule has 0 saturated carbocycles. The second-order valence-electron chi connectivity index (χ2n) is 10.0. The van der Waals surface area contributed by atoms with E-state index < -0.39 is 110 Å². The van der Waals surface area contributed by atoms with Crippen LogP contribution in [0.25, 0.3) is 0 Å². The van der Waals surface area contributed by atoms with Crippen molar-refractivity contribution in [2.45, 2.75) is 110 Å². The molecule has 0 aliphatic heterocycles. The van der Waals surface area contributed by atoms with Gasteiger partial charge in [-0.25, -0.2) is 4.79 Å². The van der Waals surface area contributed by atoms with E-state index in [1.54, 1.807) is 0 Å². The van der Waals surface area contributed by atoms with Crippen LogP contribution in [0, 0.1) is 0 Å². The van der Waals surface area contributed by atoms with Crippen molar-refractivity contribution in [1.29, 1.82) is 0 Å². The molecule has 0 saturated heterocycles. The van der Waals surface area contributed by atoms with E-state index in [0.717, 1.165) is 6.92 Å². The van der Waals surface area contributed by atoms with Gasteiger partial charge in [-0.2, -0.15) is 110 Å². The SMILES string of the molecule is C=C(C)C(=O)OCCCCCCC(F)(F)C(F)(F)C(F)(F)C(F)(F)C(F)(F)C(F)(F)C(F)(F)C(F)(F)C(F)(F)C(F)(F)C(F)(F)C(F)(F)F. The molecular weight excluding hydrogens is 771 g/mol. The quantitative estimate of drug-likeness (QED) is 0.0599. The average molecular weight is 788 g/mol. The minimum atomic E-state index is -9.60. The Labute approximate surface area is 255 Å². The second-order valence-corrected chi connectivity index (χ2v) is 10.0. The molecule has 0 aromatic heterocycles. The predicted octanol–water partition coefficient (Wildman–Crippen LogP) is 10.6. The van der Waals surface area contributed by atoms with Crippen LogP contribution in [0.5, 0.6) is 0 Å². The summed E-state index contributed by atoms with van der Waals surface area (Å²) in [5, 5.41) is 0. The number of halogens is 25. The zero-order valence-electron chi connectivity index (χ0n) is 23.2. The smallest absolute Gasteiger partial charge is 0.460 e. The number of alkyl halides is 25. The summed E-state index contributed by atoms with van der Waals surface area (Å²) in [6, 6.07) is 0. The van der Waals surface area contributed by atoms with Gasteiger partial charge in [-0.3, -0.25) is 0 Å². The van der Waals surface area contributed by atoms with Gasteiger partial charge in [0.2, 0.25) is 0 Å². The van der Waals surface area contributed by atoms with Gasteiger partial charge in [0.25, 0.3) is 0 Å². The second kappa shape index (κ2) is 13.2. The lowest BCUT2D eigenvalue weighted by atomic mass is 9.84. The third-order valence-corrected chi connectivity index (χ3v) is 6.33. The van der Waals surface area contributed by atoms with Gasteiger partial charge in [0.15, 0.2) is 0 Å². The first-order valence-electron chi connectivity index (χ1n) is 12.1. The summed E-state index contributed by atoms with van der Waals surface area (Å²) in [6.45, 7) is 3.79.